The number of carbonyl (C=O) groups excluding carboxylic acids is 1. The number of fused-ring (bicyclic) bond motifs is 1. The average molecular weight is 409 g/mol. The lowest BCUT2D eigenvalue weighted by Crippen LogP contribution is -2.36. The van der Waals surface area contributed by atoms with Crippen molar-refractivity contribution < 1.29 is 17.6 Å². The second-order valence-corrected chi connectivity index (χ2v) is 8.19. The zero-order chi connectivity index (χ0) is 20.4. The van der Waals surface area contributed by atoms with Gasteiger partial charge in [0.25, 0.3) is 10.0 Å². The van der Waals surface area contributed by atoms with E-state index in [4.69, 9.17) is 0 Å². The largest absolute Gasteiger partial charge is 0.323 e. The summed E-state index contributed by atoms with van der Waals surface area (Å²) in [6, 6.07) is 19.9. The van der Waals surface area contributed by atoms with Gasteiger partial charge in [-0.2, -0.15) is 0 Å². The topological polar surface area (TPSA) is 83.1 Å². The summed E-state index contributed by atoms with van der Waals surface area (Å²) in [6.07, 6.45) is 0. The summed E-state index contributed by atoms with van der Waals surface area (Å²) in [6.45, 7) is -0.455. The number of Topliss-reactive ketones (excluding diaryl/α,β-unsaturated/α-hetero) is 1. The molecule has 0 aliphatic heterocycles. The Balaban J connectivity index is 1.80. The number of H-pyrrole nitrogens is 1. The van der Waals surface area contributed by atoms with Gasteiger partial charge in [-0.05, 0) is 36.4 Å². The third-order valence-corrected chi connectivity index (χ3v) is 6.15. The number of nitrogens with one attached hydrogen (secondary N) is 1. The number of halogens is 1. The smallest absolute Gasteiger partial charge is 0.267 e. The van der Waals surface area contributed by atoms with E-state index in [0.717, 1.165) is 28.6 Å². The zero-order valence-electron chi connectivity index (χ0n) is 15.1. The Kier molecular flexibility index (Phi) is 4.85. The van der Waals surface area contributed by atoms with Crippen LogP contribution in [0.1, 0.15) is 10.4 Å². The summed E-state index contributed by atoms with van der Waals surface area (Å²) < 4.78 is 40.8. The van der Waals surface area contributed by atoms with Crippen molar-refractivity contribution in [2.24, 2.45) is 0 Å². The maximum atomic E-state index is 13.3. The molecule has 29 heavy (non-hydrogen) atoms. The number of benzene rings is 3. The summed E-state index contributed by atoms with van der Waals surface area (Å²) in [7, 11) is -4.17. The van der Waals surface area contributed by atoms with Crippen molar-refractivity contribution >= 4 is 32.8 Å². The molecule has 0 atom stereocenters. The lowest BCUT2D eigenvalue weighted by Gasteiger charge is -2.21. The lowest BCUT2D eigenvalue weighted by atomic mass is 10.1. The molecule has 8 heteroatoms. The summed E-state index contributed by atoms with van der Waals surface area (Å²) in [4.78, 5) is 19.9. The number of imidazole rings is 1. The summed E-state index contributed by atoms with van der Waals surface area (Å²) in [5.41, 5.74) is 1.57. The van der Waals surface area contributed by atoms with Crippen molar-refractivity contribution in [1.82, 2.24) is 9.97 Å². The molecule has 0 spiro atoms. The van der Waals surface area contributed by atoms with Gasteiger partial charge in [0, 0.05) is 5.56 Å². The van der Waals surface area contributed by atoms with Crippen LogP contribution in [0.5, 0.6) is 0 Å². The van der Waals surface area contributed by atoms with Gasteiger partial charge in [0.05, 0.1) is 15.9 Å². The molecular formula is C21H16FN3O3S. The third-order valence-electron chi connectivity index (χ3n) is 4.40. The molecule has 0 aliphatic carbocycles. The fraction of sp³-hybridized carbons (Fsp3) is 0.0476. The van der Waals surface area contributed by atoms with Crippen LogP contribution in [0.25, 0.3) is 11.0 Å². The first-order chi connectivity index (χ1) is 13.9. The first-order valence-corrected chi connectivity index (χ1v) is 10.2. The van der Waals surface area contributed by atoms with E-state index < -0.39 is 28.2 Å². The van der Waals surface area contributed by atoms with Crippen molar-refractivity contribution in [3.05, 3.63) is 90.2 Å². The van der Waals surface area contributed by atoms with E-state index in [9.17, 15) is 17.6 Å². The second kappa shape index (κ2) is 7.48. The molecule has 0 fully saturated rings. The van der Waals surface area contributed by atoms with Crippen LogP contribution in [0.15, 0.2) is 83.8 Å². The van der Waals surface area contributed by atoms with Crippen molar-refractivity contribution in [3.8, 4) is 0 Å². The Labute approximate surface area is 166 Å². The number of aromatic nitrogens is 2. The number of para-hydroxylation sites is 2. The Morgan fingerprint density at radius 3 is 2.28 bits per heavy atom. The number of anilines is 1. The highest BCUT2D eigenvalue weighted by molar-refractivity contribution is 7.92. The predicted molar refractivity (Wildman–Crippen MR) is 108 cm³/mol. The quantitative estimate of drug-likeness (QED) is 0.491. The zero-order valence-corrected chi connectivity index (χ0v) is 15.9. The minimum atomic E-state index is -4.17. The molecule has 1 N–H and O–H groups in total. The van der Waals surface area contributed by atoms with E-state index in [-0.39, 0.29) is 10.8 Å². The molecule has 0 unspecified atom stereocenters. The number of carbonyl (C=O) groups is 1. The Bertz CT molecular complexity index is 1240. The van der Waals surface area contributed by atoms with Gasteiger partial charge in [-0.25, -0.2) is 22.1 Å². The van der Waals surface area contributed by atoms with Crippen LogP contribution >= 0.6 is 0 Å². The van der Waals surface area contributed by atoms with Gasteiger partial charge in [-0.15, -0.1) is 0 Å². The highest BCUT2D eigenvalue weighted by Gasteiger charge is 2.30. The van der Waals surface area contributed by atoms with Gasteiger partial charge < -0.3 is 4.98 Å². The van der Waals surface area contributed by atoms with Crippen molar-refractivity contribution in [2.75, 3.05) is 10.8 Å². The van der Waals surface area contributed by atoms with Gasteiger partial charge >= 0.3 is 0 Å². The monoisotopic (exact) mass is 409 g/mol. The minimum Gasteiger partial charge on any atom is -0.323 e. The highest BCUT2D eigenvalue weighted by Crippen LogP contribution is 2.24. The maximum Gasteiger partial charge on any atom is 0.267 e. The molecule has 6 nitrogen and oxygen atoms in total. The molecule has 0 saturated carbocycles. The fourth-order valence-corrected chi connectivity index (χ4v) is 4.25. The van der Waals surface area contributed by atoms with Crippen LogP contribution < -0.4 is 4.31 Å². The van der Waals surface area contributed by atoms with Crippen LogP contribution in [0.3, 0.4) is 0 Å². The number of aromatic amines is 1. The van der Waals surface area contributed by atoms with Crippen LogP contribution in [0.4, 0.5) is 10.3 Å². The molecule has 0 radical (unpaired) electrons. The molecule has 1 aromatic heterocycles. The van der Waals surface area contributed by atoms with Gasteiger partial charge in [0.2, 0.25) is 5.95 Å². The van der Waals surface area contributed by atoms with E-state index >= 15 is 0 Å². The normalized spacial score (nSPS) is 11.5. The molecule has 4 rings (SSSR count). The number of nitrogens with zero attached hydrogens (tertiary/aromatic N) is 2. The van der Waals surface area contributed by atoms with Crippen molar-refractivity contribution in [1.29, 1.82) is 0 Å². The van der Waals surface area contributed by atoms with Crippen LogP contribution in [0, 0.1) is 5.82 Å². The summed E-state index contributed by atoms with van der Waals surface area (Å²) in [5, 5.41) is 0. The van der Waals surface area contributed by atoms with Crippen LogP contribution in [0.2, 0.25) is 0 Å². The Hall–Kier alpha value is -3.52. The molecule has 146 valence electrons. The number of hydrogen-bond donors (Lipinski definition) is 1. The Morgan fingerprint density at radius 1 is 0.931 bits per heavy atom. The number of hydrogen-bond acceptors (Lipinski definition) is 4. The summed E-state index contributed by atoms with van der Waals surface area (Å²) >= 11 is 0. The summed E-state index contributed by atoms with van der Waals surface area (Å²) in [5.74, 6) is -0.934. The van der Waals surface area contributed by atoms with E-state index in [0.29, 0.717) is 16.6 Å². The van der Waals surface area contributed by atoms with E-state index in [2.05, 4.69) is 9.97 Å². The fourth-order valence-electron chi connectivity index (χ4n) is 2.91. The third kappa shape index (κ3) is 3.74. The molecule has 0 bridgehead atoms. The van der Waals surface area contributed by atoms with Crippen molar-refractivity contribution in [3.63, 3.8) is 0 Å². The number of sulfonamides is 1. The molecule has 0 amide bonds. The maximum absolute atomic E-state index is 13.3. The SMILES string of the molecule is O=C(CN(c1nc2ccccc2[nH]1)S(=O)(=O)c1ccc(F)cc1)c1ccccc1. The first kappa shape index (κ1) is 18.8. The molecular weight excluding hydrogens is 393 g/mol. The van der Waals surface area contributed by atoms with Crippen molar-refractivity contribution in [2.45, 2.75) is 4.90 Å². The van der Waals surface area contributed by atoms with E-state index in [1.54, 1.807) is 54.6 Å². The standard InChI is InChI=1S/C21H16FN3O3S/c22-16-10-12-17(13-11-16)29(27,28)25(14-20(26)15-6-2-1-3-7-15)21-23-18-8-4-5-9-19(18)24-21/h1-13H,14H2,(H,23,24). The van der Waals surface area contributed by atoms with Gasteiger partial charge in [0.1, 0.15) is 12.4 Å². The van der Waals surface area contributed by atoms with E-state index in [1.165, 1.54) is 0 Å². The lowest BCUT2D eigenvalue weighted by molar-refractivity contribution is 0.100. The Morgan fingerprint density at radius 2 is 1.59 bits per heavy atom. The predicted octanol–water partition coefficient (Wildman–Crippen LogP) is 3.78. The number of ketones is 1. The molecule has 0 saturated heterocycles. The van der Waals surface area contributed by atoms with Gasteiger partial charge in [-0.3, -0.25) is 4.79 Å². The van der Waals surface area contributed by atoms with Crippen LogP contribution in [-0.2, 0) is 10.0 Å². The van der Waals surface area contributed by atoms with Gasteiger partial charge in [-0.1, -0.05) is 42.5 Å². The van der Waals surface area contributed by atoms with E-state index in [1.807, 2.05) is 0 Å². The highest BCUT2D eigenvalue weighted by atomic mass is 32.2. The number of rotatable bonds is 6. The first-order valence-electron chi connectivity index (χ1n) is 8.76. The average Bonchev–Trinajstić information content (AvgIpc) is 3.16. The van der Waals surface area contributed by atoms with Gasteiger partial charge in [0.15, 0.2) is 5.78 Å². The minimum absolute atomic E-state index is 0.0137. The second-order valence-electron chi connectivity index (χ2n) is 6.33. The van der Waals surface area contributed by atoms with Crippen LogP contribution in [-0.4, -0.2) is 30.7 Å². The molecule has 1 heterocycles. The molecule has 3 aromatic carbocycles. The molecule has 0 aliphatic rings. The molecule has 4 aromatic rings.